The fourth-order valence-corrected chi connectivity index (χ4v) is 3.75. The van der Waals surface area contributed by atoms with Crippen LogP contribution in [0, 0.1) is 0 Å². The van der Waals surface area contributed by atoms with Gasteiger partial charge in [0.1, 0.15) is 0 Å². The molecule has 0 aromatic rings. The quantitative estimate of drug-likeness (QED) is 0.188. The number of carbonyl (C=O) groups excluding carboxylic acids is 1. The molecule has 0 atom stereocenters. The van der Waals surface area contributed by atoms with Gasteiger partial charge >= 0.3 is 16.1 Å². The summed E-state index contributed by atoms with van der Waals surface area (Å²) in [4.78, 5) is 11.4. The van der Waals surface area contributed by atoms with Gasteiger partial charge in [-0.3, -0.25) is 4.79 Å². The normalized spacial score (nSPS) is 11.2. The van der Waals surface area contributed by atoms with Gasteiger partial charge in [-0.2, -0.15) is 8.42 Å². The summed E-state index contributed by atoms with van der Waals surface area (Å²) in [5, 5.41) is 0. The van der Waals surface area contributed by atoms with Crippen LogP contribution in [0.5, 0.6) is 0 Å². The molecule has 0 rings (SSSR count). The molecule has 27 heavy (non-hydrogen) atoms. The Kier molecular flexibility index (Phi) is 23.1. The average Bonchev–Trinajstić information content (AvgIpc) is 2.57. The molecule has 0 amide bonds. The van der Waals surface area contributed by atoms with E-state index in [0.717, 1.165) is 12.8 Å². The molecule has 0 saturated carbocycles. The molecular weight excluding hydrogens is 373 g/mol. The topological polar surface area (TPSA) is 86.5 Å². The Bertz CT molecular complexity index is 430. The van der Waals surface area contributed by atoms with Crippen molar-refractivity contribution in [3.63, 3.8) is 0 Å². The molecule has 0 aliphatic rings. The maximum atomic E-state index is 11.4. The summed E-state index contributed by atoms with van der Waals surface area (Å²) in [5.74, 6) is -0.967. The Morgan fingerprint density at radius 2 is 1.11 bits per heavy atom. The van der Waals surface area contributed by atoms with Crippen LogP contribution < -0.4 is 5.73 Å². The molecule has 0 saturated heterocycles. The molecule has 0 unspecified atom stereocenters. The van der Waals surface area contributed by atoms with Gasteiger partial charge in [0.15, 0.2) is 0 Å². The van der Waals surface area contributed by atoms with Crippen molar-refractivity contribution >= 4 is 45.6 Å². The molecule has 0 heterocycles. The van der Waals surface area contributed by atoms with Crippen LogP contribution in [-0.2, 0) is 19.1 Å². The first-order valence-corrected chi connectivity index (χ1v) is 12.2. The zero-order chi connectivity index (χ0) is 19.5. The predicted molar refractivity (Wildman–Crippen MR) is 114 cm³/mol. The van der Waals surface area contributed by atoms with E-state index in [-0.39, 0.29) is 48.3 Å². The summed E-state index contributed by atoms with van der Waals surface area (Å²) >= 11 is 0. The summed E-state index contributed by atoms with van der Waals surface area (Å²) in [6, 6.07) is 0. The van der Waals surface area contributed by atoms with Crippen molar-refractivity contribution in [2.75, 3.05) is 12.3 Å². The van der Waals surface area contributed by atoms with Gasteiger partial charge in [-0.15, -0.1) is 0 Å². The zero-order valence-electron chi connectivity index (χ0n) is 17.8. The van der Waals surface area contributed by atoms with Crippen molar-refractivity contribution in [2.24, 2.45) is 5.73 Å². The largest absolute Gasteiger partial charge is 0.346 e. The van der Waals surface area contributed by atoms with E-state index in [4.69, 9.17) is 5.73 Å². The van der Waals surface area contributed by atoms with Gasteiger partial charge in [0.2, 0.25) is 0 Å². The van der Waals surface area contributed by atoms with E-state index in [1.807, 2.05) is 0 Å². The van der Waals surface area contributed by atoms with Crippen LogP contribution in [0.1, 0.15) is 110 Å². The summed E-state index contributed by atoms with van der Waals surface area (Å²) in [6.45, 7) is 2.22. The van der Waals surface area contributed by atoms with E-state index in [1.54, 1.807) is 0 Å². The van der Waals surface area contributed by atoms with Crippen LogP contribution in [0.15, 0.2) is 0 Å². The minimum Gasteiger partial charge on any atom is -0.346 e. The SMILES string of the molecule is CCCCCCCCCCCCCCCCCC(=O)OS(=O)(=O)CCN.[Na]. The van der Waals surface area contributed by atoms with Gasteiger partial charge in [0.25, 0.3) is 0 Å². The molecule has 7 heteroatoms. The van der Waals surface area contributed by atoms with Crippen molar-refractivity contribution in [2.45, 2.75) is 110 Å². The third-order valence-corrected chi connectivity index (χ3v) is 5.75. The third kappa shape index (κ3) is 22.5. The van der Waals surface area contributed by atoms with Crippen LogP contribution in [0.4, 0.5) is 0 Å². The van der Waals surface area contributed by atoms with E-state index in [1.165, 1.54) is 77.0 Å². The number of rotatable bonds is 19. The zero-order valence-corrected chi connectivity index (χ0v) is 20.7. The summed E-state index contributed by atoms with van der Waals surface area (Å²) in [5.41, 5.74) is 5.16. The molecular formula is C20H41NNaO4S. The Labute approximate surface area is 190 Å². The second-order valence-corrected chi connectivity index (χ2v) is 8.90. The molecule has 0 aliphatic carbocycles. The van der Waals surface area contributed by atoms with Gasteiger partial charge in [-0.05, 0) is 6.42 Å². The first-order valence-electron chi connectivity index (χ1n) is 10.7. The number of unbranched alkanes of at least 4 members (excludes halogenated alkanes) is 14. The first-order chi connectivity index (χ1) is 12.5. The molecule has 0 bridgehead atoms. The van der Waals surface area contributed by atoms with Crippen LogP contribution in [-0.4, -0.2) is 56.2 Å². The maximum Gasteiger partial charge on any atom is 0.322 e. The van der Waals surface area contributed by atoms with Gasteiger partial charge in [0, 0.05) is 42.5 Å². The molecule has 0 fully saturated rings. The fourth-order valence-electron chi connectivity index (χ4n) is 3.01. The number of hydrogen-bond donors (Lipinski definition) is 1. The molecule has 0 aliphatic heterocycles. The van der Waals surface area contributed by atoms with Gasteiger partial charge in [-0.1, -0.05) is 96.8 Å². The van der Waals surface area contributed by atoms with Crippen LogP contribution in [0.2, 0.25) is 0 Å². The molecule has 0 aromatic heterocycles. The molecule has 0 spiro atoms. The van der Waals surface area contributed by atoms with Crippen molar-refractivity contribution < 1.29 is 17.4 Å². The van der Waals surface area contributed by atoms with E-state index in [9.17, 15) is 13.2 Å². The Morgan fingerprint density at radius 3 is 1.48 bits per heavy atom. The van der Waals surface area contributed by atoms with E-state index in [0.29, 0.717) is 6.42 Å². The monoisotopic (exact) mass is 414 g/mol. The van der Waals surface area contributed by atoms with Crippen LogP contribution >= 0.6 is 0 Å². The van der Waals surface area contributed by atoms with Crippen LogP contribution in [0.25, 0.3) is 0 Å². The number of nitrogens with two attached hydrogens (primary N) is 1. The second-order valence-electron chi connectivity index (χ2n) is 7.21. The molecule has 157 valence electrons. The summed E-state index contributed by atoms with van der Waals surface area (Å²) in [7, 11) is -3.78. The molecule has 2 N–H and O–H groups in total. The van der Waals surface area contributed by atoms with E-state index >= 15 is 0 Å². The first kappa shape index (κ1) is 29.6. The Morgan fingerprint density at radius 1 is 0.741 bits per heavy atom. The average molecular weight is 415 g/mol. The van der Waals surface area contributed by atoms with Crippen molar-refractivity contribution in [3.8, 4) is 0 Å². The standard InChI is InChI=1S/C20H41NO4S.Na/c1-2-3-4-5-6-7-8-9-10-11-12-13-14-15-16-17-20(22)25-26(23,24)19-18-21;/h2-19,21H2,1H3;. The van der Waals surface area contributed by atoms with Crippen molar-refractivity contribution in [1.82, 2.24) is 0 Å². The maximum absolute atomic E-state index is 11.4. The second kappa shape index (κ2) is 21.1. The van der Waals surface area contributed by atoms with E-state index in [2.05, 4.69) is 11.1 Å². The third-order valence-electron chi connectivity index (χ3n) is 4.57. The van der Waals surface area contributed by atoms with Gasteiger partial charge in [-0.25, -0.2) is 0 Å². The molecule has 1 radical (unpaired) electrons. The van der Waals surface area contributed by atoms with E-state index < -0.39 is 16.1 Å². The smallest absolute Gasteiger partial charge is 0.322 e. The summed E-state index contributed by atoms with van der Waals surface area (Å²) in [6.07, 6.45) is 19.0. The molecule has 5 nitrogen and oxygen atoms in total. The minimum atomic E-state index is -3.78. The van der Waals surface area contributed by atoms with Gasteiger partial charge < -0.3 is 9.92 Å². The van der Waals surface area contributed by atoms with Gasteiger partial charge in [0.05, 0.1) is 5.75 Å². The van der Waals surface area contributed by atoms with Crippen molar-refractivity contribution in [3.05, 3.63) is 0 Å². The number of hydrogen-bond acceptors (Lipinski definition) is 5. The molecule has 0 aromatic carbocycles. The Balaban J connectivity index is 0. The number of carbonyl (C=O) groups is 1. The fraction of sp³-hybridized carbons (Fsp3) is 0.950. The van der Waals surface area contributed by atoms with Crippen molar-refractivity contribution in [1.29, 1.82) is 0 Å². The summed E-state index contributed by atoms with van der Waals surface area (Å²) < 4.78 is 27.0. The van der Waals surface area contributed by atoms with Crippen LogP contribution in [0.3, 0.4) is 0 Å². The predicted octanol–water partition coefficient (Wildman–Crippen LogP) is 4.70. The minimum absolute atomic E-state index is 0. The Hall–Kier alpha value is 0.380.